The second kappa shape index (κ2) is 10.9. The monoisotopic (exact) mass is 437 g/mol. The van der Waals surface area contributed by atoms with Gasteiger partial charge in [-0.3, -0.25) is 0 Å². The lowest BCUT2D eigenvalue weighted by molar-refractivity contribution is -0.134. The highest BCUT2D eigenvalue weighted by molar-refractivity contribution is 6.07. The first-order valence-electron chi connectivity index (χ1n) is 10.9. The molecule has 1 aliphatic heterocycles. The number of nitrogens with zero attached hydrogens (tertiary/aromatic N) is 2. The van der Waals surface area contributed by atoms with E-state index in [1.165, 1.54) is 34.8 Å². The lowest BCUT2D eigenvalue weighted by Gasteiger charge is -2.36. The van der Waals surface area contributed by atoms with Gasteiger partial charge >= 0.3 is 11.9 Å². The molecule has 2 aromatic carbocycles. The number of hydrogen-bond donors (Lipinski definition) is 3. The van der Waals surface area contributed by atoms with Crippen molar-refractivity contribution >= 4 is 33.7 Å². The molecular formula is C25H31N3O4. The number of aromatic nitrogens is 1. The van der Waals surface area contributed by atoms with Crippen molar-refractivity contribution in [1.82, 2.24) is 14.8 Å². The molecule has 0 aliphatic carbocycles. The van der Waals surface area contributed by atoms with Crippen molar-refractivity contribution in [1.29, 1.82) is 0 Å². The number of piperazine rings is 1. The molecule has 2 heterocycles. The molecule has 0 amide bonds. The highest BCUT2D eigenvalue weighted by Gasteiger charge is 2.20. The van der Waals surface area contributed by atoms with Crippen molar-refractivity contribution in [2.24, 2.45) is 0 Å². The van der Waals surface area contributed by atoms with Gasteiger partial charge in [0.05, 0.1) is 0 Å². The Morgan fingerprint density at radius 2 is 1.34 bits per heavy atom. The van der Waals surface area contributed by atoms with E-state index in [1.54, 1.807) is 0 Å². The highest BCUT2D eigenvalue weighted by atomic mass is 16.4. The van der Waals surface area contributed by atoms with E-state index in [4.69, 9.17) is 10.2 Å². The van der Waals surface area contributed by atoms with Crippen LogP contribution in [0, 0.1) is 0 Å². The second-order valence-electron chi connectivity index (χ2n) is 8.28. The summed E-state index contributed by atoms with van der Waals surface area (Å²) in [6.07, 6.45) is 2.31. The van der Waals surface area contributed by atoms with E-state index >= 15 is 0 Å². The maximum absolute atomic E-state index is 9.55. The van der Waals surface area contributed by atoms with E-state index in [2.05, 4.69) is 77.2 Å². The minimum atomic E-state index is -1.26. The summed E-state index contributed by atoms with van der Waals surface area (Å²) in [5.74, 6) is -2.51. The standard InChI is InChI=1S/C21H27N3.C4H4O4/c1-16-14-23(15-17(2)22-16)12-7-13-24-20-10-5-3-8-18(20)19-9-4-6-11-21(19)24;5-3(6)1-2-4(7)8/h3-6,8-11,16-17,22H,7,12-15H2,1-2H3;1-2H,(H,5,6)(H,7,8)/t16-,17+;. The van der Waals surface area contributed by atoms with Gasteiger partial charge in [0.15, 0.2) is 0 Å². The third-order valence-corrected chi connectivity index (χ3v) is 5.54. The van der Waals surface area contributed by atoms with Crippen LogP contribution in [0.5, 0.6) is 0 Å². The van der Waals surface area contributed by atoms with Gasteiger partial charge in [-0.15, -0.1) is 0 Å². The van der Waals surface area contributed by atoms with Gasteiger partial charge in [-0.1, -0.05) is 36.4 Å². The average molecular weight is 438 g/mol. The minimum absolute atomic E-state index is 0.558. The number of carbonyl (C=O) groups is 2. The van der Waals surface area contributed by atoms with Crippen molar-refractivity contribution < 1.29 is 19.8 Å². The molecule has 0 spiro atoms. The minimum Gasteiger partial charge on any atom is -0.478 e. The van der Waals surface area contributed by atoms with E-state index in [1.807, 2.05) is 0 Å². The number of nitrogens with one attached hydrogen (secondary N) is 1. The molecule has 2 atom stereocenters. The van der Waals surface area contributed by atoms with Crippen LogP contribution in [0.1, 0.15) is 20.3 Å². The van der Waals surface area contributed by atoms with Gasteiger partial charge in [0.1, 0.15) is 0 Å². The summed E-state index contributed by atoms with van der Waals surface area (Å²) in [6, 6.07) is 18.8. The summed E-state index contributed by atoms with van der Waals surface area (Å²) >= 11 is 0. The number of benzene rings is 2. The van der Waals surface area contributed by atoms with Crippen LogP contribution < -0.4 is 5.32 Å². The number of fused-ring (bicyclic) bond motifs is 3. The summed E-state index contributed by atoms with van der Waals surface area (Å²) in [5.41, 5.74) is 2.72. The van der Waals surface area contributed by atoms with Crippen molar-refractivity contribution in [3.8, 4) is 0 Å². The van der Waals surface area contributed by atoms with Crippen LogP contribution in [0.25, 0.3) is 21.8 Å². The molecule has 4 rings (SSSR count). The van der Waals surface area contributed by atoms with Gasteiger partial charge in [-0.25, -0.2) is 9.59 Å². The van der Waals surface area contributed by atoms with E-state index in [-0.39, 0.29) is 0 Å². The fraction of sp³-hybridized carbons (Fsp3) is 0.360. The van der Waals surface area contributed by atoms with Crippen LogP contribution in [0.4, 0.5) is 0 Å². The van der Waals surface area contributed by atoms with Gasteiger partial charge in [0.25, 0.3) is 0 Å². The first kappa shape index (κ1) is 23.5. The number of hydrogen-bond acceptors (Lipinski definition) is 4. The number of aliphatic carboxylic acids is 2. The first-order chi connectivity index (χ1) is 15.3. The van der Waals surface area contributed by atoms with Crippen LogP contribution in [0.3, 0.4) is 0 Å². The predicted molar refractivity (Wildman–Crippen MR) is 127 cm³/mol. The maximum atomic E-state index is 9.55. The van der Waals surface area contributed by atoms with E-state index < -0.39 is 11.9 Å². The molecule has 1 fully saturated rings. The predicted octanol–water partition coefficient (Wildman–Crippen LogP) is 3.58. The second-order valence-corrected chi connectivity index (χ2v) is 8.28. The average Bonchev–Trinajstić information content (AvgIpc) is 3.06. The van der Waals surface area contributed by atoms with Crippen LogP contribution in [-0.4, -0.2) is 63.3 Å². The summed E-state index contributed by atoms with van der Waals surface area (Å²) < 4.78 is 2.50. The largest absolute Gasteiger partial charge is 0.478 e. The number of para-hydroxylation sites is 2. The van der Waals surface area contributed by atoms with E-state index in [0.29, 0.717) is 24.2 Å². The molecule has 0 radical (unpaired) electrons. The molecule has 1 saturated heterocycles. The third kappa shape index (κ3) is 6.18. The first-order valence-corrected chi connectivity index (χ1v) is 10.9. The molecule has 0 unspecified atom stereocenters. The van der Waals surface area contributed by atoms with Crippen LogP contribution in [0.2, 0.25) is 0 Å². The van der Waals surface area contributed by atoms with Gasteiger partial charge in [0, 0.05) is 65.7 Å². The summed E-state index contributed by atoms with van der Waals surface area (Å²) in [5, 5.41) is 22.0. The molecule has 32 heavy (non-hydrogen) atoms. The van der Waals surface area contributed by atoms with Crippen molar-refractivity contribution in [2.75, 3.05) is 19.6 Å². The Balaban J connectivity index is 0.000000312. The number of rotatable bonds is 6. The van der Waals surface area contributed by atoms with Crippen LogP contribution in [-0.2, 0) is 16.1 Å². The topological polar surface area (TPSA) is 94.8 Å². The fourth-order valence-corrected chi connectivity index (χ4v) is 4.46. The maximum Gasteiger partial charge on any atom is 0.328 e. The van der Waals surface area contributed by atoms with Crippen molar-refractivity contribution in [2.45, 2.75) is 38.9 Å². The molecule has 7 heteroatoms. The van der Waals surface area contributed by atoms with Gasteiger partial charge in [-0.2, -0.15) is 0 Å². The third-order valence-electron chi connectivity index (χ3n) is 5.54. The molecule has 0 bridgehead atoms. The molecule has 3 aromatic rings. The van der Waals surface area contributed by atoms with Gasteiger partial charge in [0.2, 0.25) is 0 Å². The SMILES string of the molecule is C[C@@H]1CN(CCCn2c3ccccc3c3ccccc32)C[C@H](C)N1.O=C(O)C=CC(=O)O. The van der Waals surface area contributed by atoms with Crippen molar-refractivity contribution in [3.63, 3.8) is 0 Å². The zero-order valence-corrected chi connectivity index (χ0v) is 18.6. The molecule has 1 aromatic heterocycles. The molecule has 1 aliphatic rings. The van der Waals surface area contributed by atoms with E-state index in [0.717, 1.165) is 19.6 Å². The van der Waals surface area contributed by atoms with Gasteiger partial charge in [-0.05, 0) is 38.9 Å². The molecule has 170 valence electrons. The normalized spacial score (nSPS) is 19.2. The number of aryl methyl sites for hydroxylation is 1. The number of carboxylic acids is 2. The van der Waals surface area contributed by atoms with Crippen LogP contribution in [0.15, 0.2) is 60.7 Å². The van der Waals surface area contributed by atoms with Crippen molar-refractivity contribution in [3.05, 3.63) is 60.7 Å². The smallest absolute Gasteiger partial charge is 0.328 e. The number of carboxylic acid groups (broad SMARTS) is 2. The Kier molecular flexibility index (Phi) is 8.03. The Morgan fingerprint density at radius 1 is 0.875 bits per heavy atom. The Labute approximate surface area is 187 Å². The summed E-state index contributed by atoms with van der Waals surface area (Å²) in [6.45, 7) is 9.16. The molecule has 3 N–H and O–H groups in total. The molecular weight excluding hydrogens is 406 g/mol. The lowest BCUT2D eigenvalue weighted by atomic mass is 10.1. The quantitative estimate of drug-likeness (QED) is 0.510. The fourth-order valence-electron chi connectivity index (χ4n) is 4.46. The zero-order chi connectivity index (χ0) is 23.1. The Bertz CT molecular complexity index is 1030. The lowest BCUT2D eigenvalue weighted by Crippen LogP contribution is -2.54. The van der Waals surface area contributed by atoms with E-state index in [9.17, 15) is 9.59 Å². The zero-order valence-electron chi connectivity index (χ0n) is 18.6. The van der Waals surface area contributed by atoms with Crippen LogP contribution >= 0.6 is 0 Å². The summed E-state index contributed by atoms with van der Waals surface area (Å²) in [7, 11) is 0. The summed E-state index contributed by atoms with van der Waals surface area (Å²) in [4.78, 5) is 21.7. The molecule has 7 nitrogen and oxygen atoms in total. The molecule has 0 saturated carbocycles. The Morgan fingerprint density at radius 3 is 1.81 bits per heavy atom. The Hall–Kier alpha value is -3.16. The van der Waals surface area contributed by atoms with Gasteiger partial charge < -0.3 is 25.0 Å². The highest BCUT2D eigenvalue weighted by Crippen LogP contribution is 2.28.